The molecule has 6 nitrogen and oxygen atoms in total. The number of aryl methyl sites for hydroxylation is 1. The summed E-state index contributed by atoms with van der Waals surface area (Å²) in [6.45, 7) is 1.90. The first-order chi connectivity index (χ1) is 10.9. The predicted molar refractivity (Wildman–Crippen MR) is 97.3 cm³/mol. The highest BCUT2D eigenvalue weighted by molar-refractivity contribution is 8.01. The molecule has 1 amide bonds. The fourth-order valence-electron chi connectivity index (χ4n) is 1.56. The van der Waals surface area contributed by atoms with E-state index in [1.807, 2.05) is 32.0 Å². The number of hydrogen-bond acceptors (Lipinski definition) is 6. The molecule has 23 heavy (non-hydrogen) atoms. The molecule has 122 valence electrons. The number of nitrogens with one attached hydrogen (secondary N) is 1. The zero-order valence-electron chi connectivity index (χ0n) is 12.9. The maximum absolute atomic E-state index is 12.0. The minimum atomic E-state index is -0.103. The van der Waals surface area contributed by atoms with Crippen molar-refractivity contribution < 1.29 is 4.79 Å². The van der Waals surface area contributed by atoms with Crippen molar-refractivity contribution in [3.63, 3.8) is 0 Å². The van der Waals surface area contributed by atoms with Crippen molar-refractivity contribution in [3.8, 4) is 0 Å². The highest BCUT2D eigenvalue weighted by atomic mass is 35.5. The van der Waals surface area contributed by atoms with Crippen molar-refractivity contribution in [2.75, 3.05) is 25.2 Å². The smallest absolute Gasteiger partial charge is 0.234 e. The van der Waals surface area contributed by atoms with E-state index in [1.165, 1.54) is 23.1 Å². The summed E-state index contributed by atoms with van der Waals surface area (Å²) in [5.74, 6) is 0.155. The lowest BCUT2D eigenvalue weighted by Gasteiger charge is -2.07. The standard InChI is InChI=1S/C14H16ClN5OS2/c1-9-6-10(15)4-5-11(9)17-12(21)7-22-14-19-18-13(23-14)16-8-20(2)3/h4-6,8H,7H2,1-3H3,(H,17,21). The number of amides is 1. The molecule has 0 aliphatic rings. The van der Waals surface area contributed by atoms with Gasteiger partial charge in [-0.1, -0.05) is 34.7 Å². The third kappa shape index (κ3) is 5.81. The highest BCUT2D eigenvalue weighted by Crippen LogP contribution is 2.27. The zero-order chi connectivity index (χ0) is 16.8. The average molecular weight is 370 g/mol. The molecule has 1 N–H and O–H groups in total. The topological polar surface area (TPSA) is 70.5 Å². The number of nitrogens with zero attached hydrogens (tertiary/aromatic N) is 4. The Balaban J connectivity index is 1.87. The second-order valence-electron chi connectivity index (χ2n) is 4.85. The molecule has 0 aliphatic carbocycles. The van der Waals surface area contributed by atoms with Gasteiger partial charge in [-0.2, -0.15) is 0 Å². The largest absolute Gasteiger partial charge is 0.369 e. The van der Waals surface area contributed by atoms with Gasteiger partial charge in [-0.05, 0) is 30.7 Å². The Hall–Kier alpha value is -1.64. The van der Waals surface area contributed by atoms with Gasteiger partial charge in [-0.25, -0.2) is 4.99 Å². The Morgan fingerprint density at radius 1 is 1.48 bits per heavy atom. The summed E-state index contributed by atoms with van der Waals surface area (Å²) in [5, 5.41) is 12.0. The van der Waals surface area contributed by atoms with Crippen LogP contribution in [0.2, 0.25) is 5.02 Å². The highest BCUT2D eigenvalue weighted by Gasteiger charge is 2.09. The van der Waals surface area contributed by atoms with Crippen LogP contribution in [0.5, 0.6) is 0 Å². The van der Waals surface area contributed by atoms with Crippen LogP contribution in [0.3, 0.4) is 0 Å². The molecule has 2 rings (SSSR count). The molecule has 0 fully saturated rings. The van der Waals surface area contributed by atoms with Gasteiger partial charge in [0.2, 0.25) is 11.0 Å². The van der Waals surface area contributed by atoms with E-state index in [0.29, 0.717) is 14.5 Å². The molecule has 0 unspecified atom stereocenters. The van der Waals surface area contributed by atoms with Crippen LogP contribution in [-0.2, 0) is 4.79 Å². The van der Waals surface area contributed by atoms with Crippen molar-refractivity contribution in [1.82, 2.24) is 15.1 Å². The van der Waals surface area contributed by atoms with Gasteiger partial charge in [0.1, 0.15) is 0 Å². The molecule has 9 heteroatoms. The second-order valence-corrected chi connectivity index (χ2v) is 7.47. The molecule has 1 aromatic carbocycles. The number of halogens is 1. The predicted octanol–water partition coefficient (Wildman–Crippen LogP) is 3.45. The molecular formula is C14H16ClN5OS2. The van der Waals surface area contributed by atoms with Gasteiger partial charge in [-0.15, -0.1) is 10.2 Å². The summed E-state index contributed by atoms with van der Waals surface area (Å²) in [5.41, 5.74) is 1.68. The lowest BCUT2D eigenvalue weighted by Crippen LogP contribution is -2.14. The van der Waals surface area contributed by atoms with E-state index in [9.17, 15) is 4.79 Å². The van der Waals surface area contributed by atoms with Gasteiger partial charge in [-0.3, -0.25) is 4.79 Å². The van der Waals surface area contributed by atoms with Crippen molar-refractivity contribution in [2.24, 2.45) is 4.99 Å². The molecule has 1 aromatic heterocycles. The first-order valence-corrected chi connectivity index (χ1v) is 8.85. The van der Waals surface area contributed by atoms with E-state index in [1.54, 1.807) is 18.5 Å². The summed E-state index contributed by atoms with van der Waals surface area (Å²) in [6.07, 6.45) is 1.66. The molecule has 0 radical (unpaired) electrons. The maximum Gasteiger partial charge on any atom is 0.234 e. The number of carbonyl (C=O) groups is 1. The van der Waals surface area contributed by atoms with Crippen LogP contribution in [0.4, 0.5) is 10.8 Å². The number of carbonyl (C=O) groups excluding carboxylic acids is 1. The number of hydrogen-bond donors (Lipinski definition) is 1. The number of anilines is 1. The number of benzene rings is 1. The monoisotopic (exact) mass is 369 g/mol. The Bertz CT molecular complexity index is 717. The number of rotatable bonds is 6. The summed E-state index contributed by atoms with van der Waals surface area (Å²) in [4.78, 5) is 18.0. The normalized spacial score (nSPS) is 11.0. The Morgan fingerprint density at radius 2 is 2.26 bits per heavy atom. The lowest BCUT2D eigenvalue weighted by atomic mass is 10.2. The first kappa shape index (κ1) is 17.7. The van der Waals surface area contributed by atoms with Gasteiger partial charge >= 0.3 is 0 Å². The van der Waals surface area contributed by atoms with Crippen LogP contribution >= 0.6 is 34.7 Å². The number of thioether (sulfide) groups is 1. The van der Waals surface area contributed by atoms with E-state index < -0.39 is 0 Å². The van der Waals surface area contributed by atoms with Crippen LogP contribution in [0.15, 0.2) is 27.5 Å². The van der Waals surface area contributed by atoms with Crippen LogP contribution in [0.25, 0.3) is 0 Å². The second kappa shape index (κ2) is 8.28. The van der Waals surface area contributed by atoms with E-state index in [0.717, 1.165) is 11.3 Å². The lowest BCUT2D eigenvalue weighted by molar-refractivity contribution is -0.113. The van der Waals surface area contributed by atoms with E-state index >= 15 is 0 Å². The fourth-order valence-corrected chi connectivity index (χ4v) is 3.27. The van der Waals surface area contributed by atoms with Gasteiger partial charge < -0.3 is 10.2 Å². The summed E-state index contributed by atoms with van der Waals surface area (Å²) in [7, 11) is 3.76. The maximum atomic E-state index is 12.0. The third-order valence-electron chi connectivity index (χ3n) is 2.58. The molecule has 0 spiro atoms. The van der Waals surface area contributed by atoms with E-state index in [-0.39, 0.29) is 11.7 Å². The molecule has 2 aromatic rings. The van der Waals surface area contributed by atoms with Gasteiger partial charge in [0, 0.05) is 24.8 Å². The Labute approximate surface area is 148 Å². The van der Waals surface area contributed by atoms with Crippen LogP contribution < -0.4 is 5.32 Å². The van der Waals surface area contributed by atoms with Crippen molar-refractivity contribution in [1.29, 1.82) is 0 Å². The van der Waals surface area contributed by atoms with Crippen molar-refractivity contribution in [3.05, 3.63) is 28.8 Å². The minimum absolute atomic E-state index is 0.103. The molecule has 0 bridgehead atoms. The average Bonchev–Trinajstić information content (AvgIpc) is 2.94. The van der Waals surface area contributed by atoms with Gasteiger partial charge in [0.25, 0.3) is 0 Å². The molecule has 0 saturated heterocycles. The first-order valence-electron chi connectivity index (χ1n) is 6.67. The molecule has 0 saturated carbocycles. The van der Waals surface area contributed by atoms with Crippen LogP contribution in [0.1, 0.15) is 5.56 Å². The number of aromatic nitrogens is 2. The molecule has 0 aliphatic heterocycles. The van der Waals surface area contributed by atoms with Gasteiger partial charge in [0.05, 0.1) is 12.1 Å². The van der Waals surface area contributed by atoms with Crippen molar-refractivity contribution in [2.45, 2.75) is 11.3 Å². The summed E-state index contributed by atoms with van der Waals surface area (Å²) in [6, 6.07) is 5.35. The SMILES string of the molecule is Cc1cc(Cl)ccc1NC(=O)CSc1nnc(N=CN(C)C)s1. The van der Waals surface area contributed by atoms with E-state index in [4.69, 9.17) is 11.6 Å². The summed E-state index contributed by atoms with van der Waals surface area (Å²) >= 11 is 8.58. The minimum Gasteiger partial charge on any atom is -0.369 e. The zero-order valence-corrected chi connectivity index (χ0v) is 15.3. The van der Waals surface area contributed by atoms with Crippen LogP contribution in [-0.4, -0.2) is 47.2 Å². The fraction of sp³-hybridized carbons (Fsp3) is 0.286. The quantitative estimate of drug-likeness (QED) is 0.479. The molecule has 1 heterocycles. The third-order valence-corrected chi connectivity index (χ3v) is 4.78. The van der Waals surface area contributed by atoms with E-state index in [2.05, 4.69) is 20.5 Å². The Kier molecular flexibility index (Phi) is 6.37. The van der Waals surface area contributed by atoms with Gasteiger partial charge in [0.15, 0.2) is 4.34 Å². The van der Waals surface area contributed by atoms with Crippen LogP contribution in [0, 0.1) is 6.92 Å². The molecular weight excluding hydrogens is 354 g/mol. The molecule has 0 atom stereocenters. The Morgan fingerprint density at radius 3 is 2.96 bits per heavy atom. The summed E-state index contributed by atoms with van der Waals surface area (Å²) < 4.78 is 0.707. The number of aliphatic imine (C=N–C) groups is 1. The van der Waals surface area contributed by atoms with Crippen molar-refractivity contribution >= 4 is 57.8 Å².